The molecule has 1 aliphatic heterocycles. The molecule has 7 heteroatoms. The van der Waals surface area contributed by atoms with Gasteiger partial charge >= 0.3 is 0 Å². The predicted octanol–water partition coefficient (Wildman–Crippen LogP) is 5.90. The minimum atomic E-state index is 0.726. The summed E-state index contributed by atoms with van der Waals surface area (Å²) in [6.07, 6.45) is 10.1. The van der Waals surface area contributed by atoms with Gasteiger partial charge in [0, 0.05) is 48.4 Å². The molecule has 1 aromatic carbocycles. The summed E-state index contributed by atoms with van der Waals surface area (Å²) in [6.45, 7) is 8.28. The van der Waals surface area contributed by atoms with Gasteiger partial charge in [0.2, 0.25) is 0 Å². The van der Waals surface area contributed by atoms with E-state index in [1.807, 2.05) is 61.3 Å². The van der Waals surface area contributed by atoms with E-state index in [0.717, 1.165) is 27.0 Å². The van der Waals surface area contributed by atoms with Crippen LogP contribution in [0.15, 0.2) is 66.6 Å². The van der Waals surface area contributed by atoms with Crippen molar-refractivity contribution < 1.29 is 0 Å². The van der Waals surface area contributed by atoms with Gasteiger partial charge in [0.1, 0.15) is 5.82 Å². The number of nitrogens with zero attached hydrogens (tertiary/aromatic N) is 5. The molecule has 4 aromatic rings. The second-order valence-corrected chi connectivity index (χ2v) is 10.2. The lowest BCUT2D eigenvalue weighted by atomic mass is 10.0. The fourth-order valence-corrected chi connectivity index (χ4v) is 5.23. The Kier molecular flexibility index (Phi) is 8.21. The minimum Gasteiger partial charge on any atom is -0.373 e. The number of pyridine rings is 2. The summed E-state index contributed by atoms with van der Waals surface area (Å²) in [7, 11) is 6.03. The van der Waals surface area contributed by atoms with Crippen molar-refractivity contribution in [2.45, 2.75) is 30.0 Å². The molecule has 5 rings (SSSR count). The van der Waals surface area contributed by atoms with Gasteiger partial charge in [-0.3, -0.25) is 4.68 Å². The summed E-state index contributed by atoms with van der Waals surface area (Å²) in [5.41, 5.74) is 4.69. The standard InChI is InChI=1S/C15H16N4.C13H18N2S/c1-10-14(9-18-19(10)3)11-4-5-12-8-17-15(16-2)7-13(12)6-11;1-3-11-4-7-14-13(10-11)16-12-5-8-15(2)9-6-12/h4-9H,1-3H3,(H,16,17);3-4,7,10,12H,1,5-6,8-9H2,2H3. The first-order chi connectivity index (χ1) is 17.0. The highest BCUT2D eigenvalue weighted by molar-refractivity contribution is 7.99. The zero-order valence-corrected chi connectivity index (χ0v) is 21.8. The Balaban J connectivity index is 0.000000168. The Morgan fingerprint density at radius 1 is 1.03 bits per heavy atom. The molecule has 1 saturated heterocycles. The molecular weight excluding hydrogens is 452 g/mol. The van der Waals surface area contributed by atoms with E-state index >= 15 is 0 Å². The summed E-state index contributed by atoms with van der Waals surface area (Å²) in [5, 5.41) is 11.5. The zero-order valence-electron chi connectivity index (χ0n) is 21.0. The molecule has 0 spiro atoms. The monoisotopic (exact) mass is 486 g/mol. The van der Waals surface area contributed by atoms with Crippen LogP contribution in [0.25, 0.3) is 28.0 Å². The van der Waals surface area contributed by atoms with Gasteiger partial charge in [-0.2, -0.15) is 5.10 Å². The Morgan fingerprint density at radius 2 is 1.83 bits per heavy atom. The number of aryl methyl sites for hydroxylation is 1. The third kappa shape index (κ3) is 6.29. The molecule has 182 valence electrons. The van der Waals surface area contributed by atoms with Crippen molar-refractivity contribution >= 4 is 34.4 Å². The van der Waals surface area contributed by atoms with Gasteiger partial charge in [-0.05, 0) is 80.7 Å². The quantitative estimate of drug-likeness (QED) is 0.379. The first-order valence-electron chi connectivity index (χ1n) is 12.0. The van der Waals surface area contributed by atoms with E-state index in [2.05, 4.69) is 76.2 Å². The van der Waals surface area contributed by atoms with Gasteiger partial charge < -0.3 is 10.2 Å². The Labute approximate surface area is 212 Å². The average molecular weight is 487 g/mol. The number of hydrogen-bond donors (Lipinski definition) is 1. The lowest BCUT2D eigenvalue weighted by molar-refractivity contribution is 0.282. The molecule has 0 amide bonds. The number of aromatic nitrogens is 4. The Hall–Kier alpha value is -3.16. The van der Waals surface area contributed by atoms with Crippen LogP contribution >= 0.6 is 11.8 Å². The number of likely N-dealkylation sites (tertiary alicyclic amines) is 1. The lowest BCUT2D eigenvalue weighted by Gasteiger charge is -2.28. The van der Waals surface area contributed by atoms with Crippen LogP contribution in [0.2, 0.25) is 0 Å². The van der Waals surface area contributed by atoms with Crippen molar-refractivity contribution in [3.8, 4) is 11.1 Å². The van der Waals surface area contributed by atoms with E-state index in [1.165, 1.54) is 48.1 Å². The van der Waals surface area contributed by atoms with Crippen molar-refractivity contribution in [1.29, 1.82) is 0 Å². The molecule has 4 heterocycles. The Morgan fingerprint density at radius 3 is 2.51 bits per heavy atom. The third-order valence-electron chi connectivity index (χ3n) is 6.47. The van der Waals surface area contributed by atoms with Crippen LogP contribution in [-0.2, 0) is 7.05 Å². The van der Waals surface area contributed by atoms with Gasteiger partial charge in [-0.25, -0.2) is 9.97 Å². The van der Waals surface area contributed by atoms with Crippen LogP contribution in [0, 0.1) is 6.92 Å². The van der Waals surface area contributed by atoms with Gasteiger partial charge in [0.05, 0.1) is 11.2 Å². The lowest BCUT2D eigenvalue weighted by Crippen LogP contribution is -2.31. The molecule has 1 fully saturated rings. The molecule has 0 atom stereocenters. The molecule has 0 unspecified atom stereocenters. The summed E-state index contributed by atoms with van der Waals surface area (Å²) < 4.78 is 1.89. The molecule has 0 radical (unpaired) electrons. The van der Waals surface area contributed by atoms with Crippen LogP contribution in [0.3, 0.4) is 0 Å². The molecule has 35 heavy (non-hydrogen) atoms. The van der Waals surface area contributed by atoms with E-state index < -0.39 is 0 Å². The van der Waals surface area contributed by atoms with Crippen LogP contribution in [-0.4, -0.2) is 57.1 Å². The molecule has 6 nitrogen and oxygen atoms in total. The van der Waals surface area contributed by atoms with Crippen LogP contribution in [0.1, 0.15) is 24.1 Å². The van der Waals surface area contributed by atoms with Gasteiger partial charge in [0.15, 0.2) is 0 Å². The SMILES string of the molecule is C=Cc1ccnc(SC2CCN(C)CC2)c1.CNc1cc2cc(-c3cnn(C)c3C)ccc2cn1. The molecular formula is C28H34N6S. The first kappa shape index (κ1) is 24.9. The van der Waals surface area contributed by atoms with Gasteiger partial charge in [-0.15, -0.1) is 11.8 Å². The second kappa shape index (κ2) is 11.5. The fourth-order valence-electron chi connectivity index (χ4n) is 4.12. The maximum absolute atomic E-state index is 4.40. The van der Waals surface area contributed by atoms with Gasteiger partial charge in [0.25, 0.3) is 0 Å². The van der Waals surface area contributed by atoms with E-state index in [1.54, 1.807) is 0 Å². The molecule has 3 aromatic heterocycles. The molecule has 1 aliphatic rings. The number of benzene rings is 1. The summed E-state index contributed by atoms with van der Waals surface area (Å²) in [4.78, 5) is 11.1. The largest absolute Gasteiger partial charge is 0.373 e. The van der Waals surface area contributed by atoms with E-state index in [0.29, 0.717) is 0 Å². The summed E-state index contributed by atoms with van der Waals surface area (Å²) >= 11 is 1.91. The van der Waals surface area contributed by atoms with Gasteiger partial charge in [-0.1, -0.05) is 24.8 Å². The Bertz CT molecular complexity index is 1290. The molecule has 1 N–H and O–H groups in total. The van der Waals surface area contributed by atoms with Crippen molar-refractivity contribution in [1.82, 2.24) is 24.6 Å². The van der Waals surface area contributed by atoms with E-state index in [-0.39, 0.29) is 0 Å². The fraction of sp³-hybridized carbons (Fsp3) is 0.321. The summed E-state index contributed by atoms with van der Waals surface area (Å²) in [5.74, 6) is 0.882. The number of thioether (sulfide) groups is 1. The van der Waals surface area contributed by atoms with Crippen LogP contribution < -0.4 is 5.32 Å². The van der Waals surface area contributed by atoms with Crippen molar-refractivity contribution in [2.75, 3.05) is 32.5 Å². The first-order valence-corrected chi connectivity index (χ1v) is 12.8. The molecule has 0 aliphatic carbocycles. The maximum atomic E-state index is 4.40. The second-order valence-electron chi connectivity index (χ2n) is 8.90. The topological polar surface area (TPSA) is 58.9 Å². The smallest absolute Gasteiger partial charge is 0.126 e. The third-order valence-corrected chi connectivity index (χ3v) is 7.74. The molecule has 0 saturated carbocycles. The minimum absolute atomic E-state index is 0.726. The highest BCUT2D eigenvalue weighted by Gasteiger charge is 2.18. The number of fused-ring (bicyclic) bond motifs is 1. The van der Waals surface area contributed by atoms with Crippen LogP contribution in [0.5, 0.6) is 0 Å². The highest BCUT2D eigenvalue weighted by atomic mass is 32.2. The van der Waals surface area contributed by atoms with Crippen molar-refractivity contribution in [2.24, 2.45) is 7.05 Å². The zero-order chi connectivity index (χ0) is 24.8. The average Bonchev–Trinajstić information content (AvgIpc) is 3.23. The molecule has 0 bridgehead atoms. The van der Waals surface area contributed by atoms with Crippen molar-refractivity contribution in [3.63, 3.8) is 0 Å². The highest BCUT2D eigenvalue weighted by Crippen LogP contribution is 2.29. The summed E-state index contributed by atoms with van der Waals surface area (Å²) in [6, 6.07) is 12.6. The van der Waals surface area contributed by atoms with E-state index in [9.17, 15) is 0 Å². The number of anilines is 1. The predicted molar refractivity (Wildman–Crippen MR) is 149 cm³/mol. The number of hydrogen-bond acceptors (Lipinski definition) is 6. The number of nitrogens with one attached hydrogen (secondary N) is 1. The maximum Gasteiger partial charge on any atom is 0.126 e. The van der Waals surface area contributed by atoms with E-state index in [4.69, 9.17) is 0 Å². The normalized spacial score (nSPS) is 14.4. The van der Waals surface area contributed by atoms with Crippen molar-refractivity contribution in [3.05, 3.63) is 72.8 Å². The number of rotatable bonds is 5. The van der Waals surface area contributed by atoms with Crippen LogP contribution in [0.4, 0.5) is 5.82 Å². The number of piperidine rings is 1.